The van der Waals surface area contributed by atoms with E-state index in [1.165, 1.54) is 0 Å². The fraction of sp³-hybridized carbons (Fsp3) is 0.143. The zero-order valence-electron chi connectivity index (χ0n) is 8.13. The van der Waals surface area contributed by atoms with Gasteiger partial charge in [-0.1, -0.05) is 12.1 Å². The Hall–Kier alpha value is -0.630. The van der Waals surface area contributed by atoms with E-state index in [0.29, 0.717) is 22.8 Å². The van der Waals surface area contributed by atoms with Gasteiger partial charge in [-0.15, -0.1) is 0 Å². The van der Waals surface area contributed by atoms with Gasteiger partial charge in [0.1, 0.15) is 5.75 Å². The highest BCUT2D eigenvalue weighted by molar-refractivity contribution is 7.67. The number of hydrogen-bond donors (Lipinski definition) is 2. The molecule has 0 amide bonds. The van der Waals surface area contributed by atoms with Gasteiger partial charge in [0.2, 0.25) is 0 Å². The molecule has 9 heteroatoms. The molecule has 1 heterocycles. The SMILES string of the molecule is NP1(Oc2ccc(CO)cc2)=NP=NP=N1. The molecular formula is C7H9N4O2P3. The minimum atomic E-state index is -2.54. The summed E-state index contributed by atoms with van der Waals surface area (Å²) >= 11 is 0. The predicted octanol–water partition coefficient (Wildman–Crippen LogP) is 3.57. The van der Waals surface area contributed by atoms with E-state index >= 15 is 0 Å². The molecule has 1 atom stereocenters. The third-order valence-corrected chi connectivity index (χ3v) is 5.57. The predicted molar refractivity (Wildman–Crippen MR) is 65.2 cm³/mol. The Morgan fingerprint density at radius 2 is 2.06 bits per heavy atom. The molecule has 1 aromatic carbocycles. The second-order valence-electron chi connectivity index (χ2n) is 2.93. The van der Waals surface area contributed by atoms with Crippen LogP contribution in [0.5, 0.6) is 5.75 Å². The van der Waals surface area contributed by atoms with Crippen LogP contribution in [0.2, 0.25) is 0 Å². The van der Waals surface area contributed by atoms with E-state index in [9.17, 15) is 0 Å². The minimum Gasteiger partial charge on any atom is -0.430 e. The Kier molecular flexibility index (Phi) is 3.80. The van der Waals surface area contributed by atoms with Crippen LogP contribution in [0, 0.1) is 0 Å². The van der Waals surface area contributed by atoms with Crippen molar-refractivity contribution in [3.05, 3.63) is 29.8 Å². The molecular weight excluding hydrogens is 265 g/mol. The second-order valence-corrected chi connectivity index (χ2v) is 6.79. The quantitative estimate of drug-likeness (QED) is 0.825. The lowest BCUT2D eigenvalue weighted by molar-refractivity contribution is 0.282. The molecule has 3 N–H and O–H groups in total. The Morgan fingerprint density at radius 3 is 2.62 bits per heavy atom. The zero-order chi connectivity index (χ0) is 11.4. The highest BCUT2D eigenvalue weighted by Crippen LogP contribution is 2.52. The lowest BCUT2D eigenvalue weighted by Crippen LogP contribution is -1.99. The number of nitrogens with two attached hydrogens (primary N) is 1. The summed E-state index contributed by atoms with van der Waals surface area (Å²) in [5.74, 6) is 0.604. The van der Waals surface area contributed by atoms with Crippen molar-refractivity contribution in [3.8, 4) is 5.75 Å². The van der Waals surface area contributed by atoms with Gasteiger partial charge in [-0.2, -0.15) is 13.5 Å². The van der Waals surface area contributed by atoms with Gasteiger partial charge < -0.3 is 9.63 Å². The molecule has 0 saturated carbocycles. The average molecular weight is 274 g/mol. The third-order valence-electron chi connectivity index (χ3n) is 1.76. The Balaban J connectivity index is 2.18. The number of hydrogen-bond acceptors (Lipinski definition) is 6. The van der Waals surface area contributed by atoms with Crippen LogP contribution in [0.4, 0.5) is 0 Å². The van der Waals surface area contributed by atoms with Crippen molar-refractivity contribution in [2.75, 3.05) is 0 Å². The zero-order valence-corrected chi connectivity index (χ0v) is 10.8. The number of benzene rings is 1. The lowest BCUT2D eigenvalue weighted by atomic mass is 10.2. The normalized spacial score (nSPS) is 24.9. The summed E-state index contributed by atoms with van der Waals surface area (Å²) in [6.45, 7) is 0.00799. The average Bonchev–Trinajstić information content (AvgIpc) is 2.30. The molecule has 0 saturated heterocycles. The number of aliphatic hydroxyl groups is 1. The molecule has 1 aliphatic rings. The van der Waals surface area contributed by atoms with Crippen LogP contribution in [0.3, 0.4) is 0 Å². The van der Waals surface area contributed by atoms with Gasteiger partial charge in [0.05, 0.1) is 6.61 Å². The summed E-state index contributed by atoms with van der Waals surface area (Å²) in [7, 11) is -1.40. The van der Waals surface area contributed by atoms with Crippen LogP contribution in [0.1, 0.15) is 5.56 Å². The molecule has 1 aliphatic heterocycles. The molecule has 0 aliphatic carbocycles. The molecule has 6 nitrogen and oxygen atoms in total. The fourth-order valence-corrected chi connectivity index (χ4v) is 4.21. The Bertz CT molecular complexity index is 485. The van der Waals surface area contributed by atoms with Crippen LogP contribution >= 0.6 is 24.6 Å². The van der Waals surface area contributed by atoms with Crippen molar-refractivity contribution in [2.24, 2.45) is 19.1 Å². The maximum Gasteiger partial charge on any atom is 0.334 e. The minimum absolute atomic E-state index is 0.00799. The van der Waals surface area contributed by atoms with E-state index in [-0.39, 0.29) is 6.61 Å². The number of aliphatic hydroxyl groups excluding tert-OH is 1. The van der Waals surface area contributed by atoms with E-state index in [2.05, 4.69) is 13.5 Å². The fourth-order valence-electron chi connectivity index (χ4n) is 1.03. The highest BCUT2D eigenvalue weighted by Gasteiger charge is 2.16. The summed E-state index contributed by atoms with van der Waals surface area (Å²) in [4.78, 5) is 0. The summed E-state index contributed by atoms with van der Waals surface area (Å²) < 4.78 is 17.5. The summed E-state index contributed by atoms with van der Waals surface area (Å²) in [5.41, 5.74) is 6.71. The molecule has 0 aromatic heterocycles. The first-order chi connectivity index (χ1) is 7.72. The van der Waals surface area contributed by atoms with Crippen molar-refractivity contribution >= 4 is 24.6 Å². The van der Waals surface area contributed by atoms with Crippen LogP contribution in [0.15, 0.2) is 37.8 Å². The van der Waals surface area contributed by atoms with Gasteiger partial charge in [-0.05, 0) is 17.7 Å². The summed E-state index contributed by atoms with van der Waals surface area (Å²) in [5, 5.41) is 8.89. The summed E-state index contributed by atoms with van der Waals surface area (Å²) in [6.07, 6.45) is 0. The van der Waals surface area contributed by atoms with Crippen LogP contribution < -0.4 is 10.0 Å². The van der Waals surface area contributed by atoms with Crippen molar-refractivity contribution in [1.82, 2.24) is 0 Å². The first-order valence-electron chi connectivity index (χ1n) is 4.34. The second kappa shape index (κ2) is 5.13. The maximum atomic E-state index is 8.89. The topological polar surface area (TPSA) is 92.6 Å². The van der Waals surface area contributed by atoms with Crippen molar-refractivity contribution in [1.29, 1.82) is 0 Å². The van der Waals surface area contributed by atoms with E-state index < -0.39 is 7.58 Å². The highest BCUT2D eigenvalue weighted by atomic mass is 31.2. The van der Waals surface area contributed by atoms with E-state index in [0.717, 1.165) is 5.56 Å². The summed E-state index contributed by atoms with van der Waals surface area (Å²) in [6, 6.07) is 7.02. The lowest BCUT2D eigenvalue weighted by Gasteiger charge is -2.14. The van der Waals surface area contributed by atoms with E-state index in [1.54, 1.807) is 24.3 Å². The van der Waals surface area contributed by atoms with Gasteiger partial charge in [-0.3, -0.25) is 0 Å². The number of rotatable bonds is 3. The van der Waals surface area contributed by atoms with E-state index in [1.807, 2.05) is 0 Å². The largest absolute Gasteiger partial charge is 0.430 e. The Morgan fingerprint density at radius 1 is 1.31 bits per heavy atom. The molecule has 84 valence electrons. The van der Waals surface area contributed by atoms with Gasteiger partial charge >= 0.3 is 7.58 Å². The van der Waals surface area contributed by atoms with Crippen molar-refractivity contribution < 1.29 is 9.63 Å². The van der Waals surface area contributed by atoms with Crippen molar-refractivity contribution in [2.45, 2.75) is 6.61 Å². The maximum absolute atomic E-state index is 8.89. The molecule has 0 bridgehead atoms. The standard InChI is InChI=1S/C7H9N4O2P3/c8-16(10-14-9-15-11-16)13-7-3-1-6(5-12)2-4-7/h1-4,12H,5,8H2. The van der Waals surface area contributed by atoms with Crippen LogP contribution in [-0.4, -0.2) is 5.11 Å². The van der Waals surface area contributed by atoms with Crippen LogP contribution in [-0.2, 0) is 6.61 Å². The molecule has 16 heavy (non-hydrogen) atoms. The van der Waals surface area contributed by atoms with Gasteiger partial charge in [0.25, 0.3) is 0 Å². The monoisotopic (exact) mass is 274 g/mol. The molecule has 1 aromatic rings. The molecule has 1 unspecified atom stereocenters. The molecule has 2 rings (SSSR count). The first kappa shape index (κ1) is 11.8. The first-order valence-corrected chi connectivity index (χ1v) is 7.62. The smallest absolute Gasteiger partial charge is 0.334 e. The van der Waals surface area contributed by atoms with E-state index in [4.69, 9.17) is 15.1 Å². The van der Waals surface area contributed by atoms with Gasteiger partial charge in [0, 0.05) is 0 Å². The molecule has 0 radical (unpaired) electrons. The Labute approximate surface area is 96.0 Å². The van der Waals surface area contributed by atoms with Gasteiger partial charge in [0.15, 0.2) is 17.0 Å². The van der Waals surface area contributed by atoms with Gasteiger partial charge in [-0.25, -0.2) is 5.50 Å². The number of nitrogens with zero attached hydrogens (tertiary/aromatic N) is 3. The van der Waals surface area contributed by atoms with Crippen molar-refractivity contribution in [3.63, 3.8) is 0 Å². The molecule has 0 fully saturated rings. The third kappa shape index (κ3) is 2.94. The van der Waals surface area contributed by atoms with Crippen LogP contribution in [0.25, 0.3) is 0 Å². The molecule has 0 spiro atoms.